The standard InChI is InChI=1S/C18H25N3O2/c1-13(2)21-15(18(17(21)23)9-5-3-6-10-18)16(22)20-12-14-8-4-7-11-19-14/h4,7-8,11,13,15H,3,5-6,9-10,12H2,1-2H3,(H,20,22). The number of rotatable bonds is 4. The minimum absolute atomic E-state index is 0.0362. The van der Waals surface area contributed by atoms with Crippen LogP contribution in [0.1, 0.15) is 51.6 Å². The molecule has 1 aromatic rings. The lowest BCUT2D eigenvalue weighted by molar-refractivity contribution is -0.186. The van der Waals surface area contributed by atoms with Gasteiger partial charge in [-0.2, -0.15) is 0 Å². The number of carbonyl (C=O) groups is 2. The number of nitrogens with one attached hydrogen (secondary N) is 1. The van der Waals surface area contributed by atoms with Gasteiger partial charge in [-0.25, -0.2) is 0 Å². The summed E-state index contributed by atoms with van der Waals surface area (Å²) in [4.78, 5) is 31.5. The number of carbonyl (C=O) groups excluding carboxylic acids is 2. The first-order valence-electron chi connectivity index (χ1n) is 8.56. The SMILES string of the molecule is CC(C)N1C(=O)C2(CCCCC2)C1C(=O)NCc1ccccn1. The quantitative estimate of drug-likeness (QED) is 0.867. The summed E-state index contributed by atoms with van der Waals surface area (Å²) in [6, 6.07) is 5.39. The van der Waals surface area contributed by atoms with Gasteiger partial charge in [-0.3, -0.25) is 14.6 Å². The van der Waals surface area contributed by atoms with Gasteiger partial charge in [-0.15, -0.1) is 0 Å². The summed E-state index contributed by atoms with van der Waals surface area (Å²) in [5.41, 5.74) is 0.386. The van der Waals surface area contributed by atoms with Crippen molar-refractivity contribution in [2.75, 3.05) is 0 Å². The second-order valence-corrected chi connectivity index (χ2v) is 6.96. The van der Waals surface area contributed by atoms with Gasteiger partial charge in [0, 0.05) is 12.2 Å². The predicted octanol–water partition coefficient (Wildman–Crippen LogP) is 2.27. The molecule has 2 amide bonds. The molecular formula is C18H25N3O2. The number of amides is 2. The largest absolute Gasteiger partial charge is 0.349 e. The Kier molecular flexibility index (Phi) is 4.37. The molecule has 2 aliphatic rings. The van der Waals surface area contributed by atoms with E-state index < -0.39 is 5.41 Å². The maximum atomic E-state index is 12.8. The van der Waals surface area contributed by atoms with E-state index in [0.717, 1.165) is 31.4 Å². The molecule has 23 heavy (non-hydrogen) atoms. The second kappa shape index (κ2) is 6.30. The van der Waals surface area contributed by atoms with Crippen LogP contribution >= 0.6 is 0 Å². The summed E-state index contributed by atoms with van der Waals surface area (Å²) in [6.45, 7) is 4.37. The monoisotopic (exact) mass is 315 g/mol. The lowest BCUT2D eigenvalue weighted by atomic mass is 9.61. The lowest BCUT2D eigenvalue weighted by Crippen LogP contribution is -2.75. The zero-order chi connectivity index (χ0) is 16.4. The van der Waals surface area contributed by atoms with Crippen LogP contribution in [0.15, 0.2) is 24.4 Å². The number of hydrogen-bond acceptors (Lipinski definition) is 3. The highest BCUT2D eigenvalue weighted by molar-refractivity contribution is 6.02. The van der Waals surface area contributed by atoms with Crippen molar-refractivity contribution >= 4 is 11.8 Å². The van der Waals surface area contributed by atoms with Crippen molar-refractivity contribution in [3.05, 3.63) is 30.1 Å². The van der Waals surface area contributed by atoms with Gasteiger partial charge in [0.2, 0.25) is 11.8 Å². The maximum Gasteiger partial charge on any atom is 0.244 e. The summed E-state index contributed by atoms with van der Waals surface area (Å²) in [5, 5.41) is 2.98. The van der Waals surface area contributed by atoms with Gasteiger partial charge < -0.3 is 10.2 Å². The van der Waals surface area contributed by atoms with Gasteiger partial charge in [0.25, 0.3) is 0 Å². The van der Waals surface area contributed by atoms with Crippen molar-refractivity contribution in [1.29, 1.82) is 0 Å². The average Bonchev–Trinajstić information content (AvgIpc) is 2.58. The van der Waals surface area contributed by atoms with Gasteiger partial charge >= 0.3 is 0 Å². The Morgan fingerprint density at radius 1 is 1.35 bits per heavy atom. The smallest absolute Gasteiger partial charge is 0.244 e. The normalized spacial score (nSPS) is 23.0. The maximum absolute atomic E-state index is 12.8. The first-order chi connectivity index (χ1) is 11.1. The van der Waals surface area contributed by atoms with Crippen LogP contribution < -0.4 is 5.32 Å². The van der Waals surface area contributed by atoms with E-state index >= 15 is 0 Å². The van der Waals surface area contributed by atoms with Crippen molar-refractivity contribution in [2.45, 2.75) is 64.6 Å². The van der Waals surface area contributed by atoms with Gasteiger partial charge in [0.15, 0.2) is 0 Å². The first-order valence-corrected chi connectivity index (χ1v) is 8.56. The Balaban J connectivity index is 1.73. The van der Waals surface area contributed by atoms with E-state index in [1.54, 1.807) is 11.1 Å². The summed E-state index contributed by atoms with van der Waals surface area (Å²) in [7, 11) is 0. The molecule has 0 bridgehead atoms. The lowest BCUT2D eigenvalue weighted by Gasteiger charge is -2.58. The molecule has 2 fully saturated rings. The van der Waals surface area contributed by atoms with Crippen LogP contribution in [0.4, 0.5) is 0 Å². The topological polar surface area (TPSA) is 62.3 Å². The first kappa shape index (κ1) is 16.0. The zero-order valence-corrected chi connectivity index (χ0v) is 13.9. The summed E-state index contributed by atoms with van der Waals surface area (Å²) in [5.74, 6) is 0.135. The van der Waals surface area contributed by atoms with Crippen molar-refractivity contribution in [2.24, 2.45) is 5.41 Å². The second-order valence-electron chi connectivity index (χ2n) is 6.96. The molecule has 2 heterocycles. The van der Waals surface area contributed by atoms with Crippen LogP contribution in [0.5, 0.6) is 0 Å². The van der Waals surface area contributed by atoms with Crippen LogP contribution in [-0.4, -0.2) is 33.8 Å². The minimum atomic E-state index is -0.448. The number of likely N-dealkylation sites (tertiary alicyclic amines) is 1. The molecule has 1 saturated heterocycles. The van der Waals surface area contributed by atoms with Crippen molar-refractivity contribution in [1.82, 2.24) is 15.2 Å². The van der Waals surface area contributed by atoms with Gasteiger partial charge in [0.1, 0.15) is 6.04 Å². The van der Waals surface area contributed by atoms with Crippen LogP contribution in [0.25, 0.3) is 0 Å². The number of aromatic nitrogens is 1. The third kappa shape index (κ3) is 2.73. The molecular weight excluding hydrogens is 290 g/mol. The molecule has 124 valence electrons. The summed E-state index contributed by atoms with van der Waals surface area (Å²) in [6.07, 6.45) is 6.66. The highest BCUT2D eigenvalue weighted by Gasteiger charge is 2.63. The molecule has 1 aliphatic carbocycles. The summed E-state index contributed by atoms with van der Waals surface area (Å²) < 4.78 is 0. The van der Waals surface area contributed by atoms with E-state index in [2.05, 4.69) is 10.3 Å². The van der Waals surface area contributed by atoms with Crippen LogP contribution in [0, 0.1) is 5.41 Å². The Hall–Kier alpha value is -1.91. The fourth-order valence-corrected chi connectivity index (χ4v) is 4.05. The molecule has 5 nitrogen and oxygen atoms in total. The van der Waals surface area contributed by atoms with Crippen LogP contribution in [0.3, 0.4) is 0 Å². The molecule has 1 aromatic heterocycles. The van der Waals surface area contributed by atoms with E-state index in [4.69, 9.17) is 0 Å². The Labute approximate surface area is 137 Å². The van der Waals surface area contributed by atoms with E-state index in [1.807, 2.05) is 32.0 Å². The van der Waals surface area contributed by atoms with Crippen molar-refractivity contribution in [3.8, 4) is 0 Å². The van der Waals surface area contributed by atoms with Crippen LogP contribution in [-0.2, 0) is 16.1 Å². The Morgan fingerprint density at radius 2 is 2.09 bits per heavy atom. The van der Waals surface area contributed by atoms with E-state index in [9.17, 15) is 9.59 Å². The van der Waals surface area contributed by atoms with Crippen molar-refractivity contribution < 1.29 is 9.59 Å². The average molecular weight is 315 g/mol. The third-order valence-corrected chi connectivity index (χ3v) is 5.18. The molecule has 1 spiro atoms. The number of β-lactam (4-membered cyclic amide) rings is 1. The van der Waals surface area contributed by atoms with Gasteiger partial charge in [-0.1, -0.05) is 25.3 Å². The minimum Gasteiger partial charge on any atom is -0.349 e. The summed E-state index contributed by atoms with van der Waals surface area (Å²) >= 11 is 0. The zero-order valence-electron chi connectivity index (χ0n) is 13.9. The van der Waals surface area contributed by atoms with E-state index in [-0.39, 0.29) is 23.9 Å². The predicted molar refractivity (Wildman–Crippen MR) is 87.4 cm³/mol. The molecule has 0 aromatic carbocycles. The molecule has 1 saturated carbocycles. The molecule has 1 N–H and O–H groups in total. The Bertz CT molecular complexity index is 579. The molecule has 3 rings (SSSR count). The van der Waals surface area contributed by atoms with Gasteiger partial charge in [0.05, 0.1) is 17.7 Å². The van der Waals surface area contributed by atoms with E-state index in [1.165, 1.54) is 6.42 Å². The van der Waals surface area contributed by atoms with E-state index in [0.29, 0.717) is 6.54 Å². The fourth-order valence-electron chi connectivity index (χ4n) is 4.05. The number of pyridine rings is 1. The molecule has 1 unspecified atom stereocenters. The van der Waals surface area contributed by atoms with Crippen molar-refractivity contribution in [3.63, 3.8) is 0 Å². The van der Waals surface area contributed by atoms with Crippen LogP contribution in [0.2, 0.25) is 0 Å². The third-order valence-electron chi connectivity index (χ3n) is 5.18. The highest BCUT2D eigenvalue weighted by atomic mass is 16.2. The number of hydrogen-bond donors (Lipinski definition) is 1. The van der Waals surface area contributed by atoms with Gasteiger partial charge in [-0.05, 0) is 38.8 Å². The molecule has 1 atom stereocenters. The highest BCUT2D eigenvalue weighted by Crippen LogP contribution is 2.50. The number of nitrogens with zero attached hydrogens (tertiary/aromatic N) is 2. The molecule has 5 heteroatoms. The fraction of sp³-hybridized carbons (Fsp3) is 0.611. The molecule has 0 radical (unpaired) electrons. The Morgan fingerprint density at radius 3 is 2.70 bits per heavy atom. The molecule has 1 aliphatic heterocycles.